The fourth-order valence-corrected chi connectivity index (χ4v) is 1.33. The molecule has 1 rings (SSSR count). The first-order valence-corrected chi connectivity index (χ1v) is 5.57. The Kier molecular flexibility index (Phi) is 5.41. The van der Waals surface area contributed by atoms with E-state index in [2.05, 4.69) is 14.8 Å². The molecule has 0 aromatic heterocycles. The monoisotopic (exact) mass is 297 g/mol. The molecule has 112 valence electrons. The molecule has 1 aromatic rings. The zero-order chi connectivity index (χ0) is 16.0. The maximum Gasteiger partial charge on any atom is 0.354 e. The molecule has 0 aliphatic carbocycles. The van der Waals surface area contributed by atoms with E-state index in [9.17, 15) is 18.8 Å². The molecule has 0 atom stereocenters. The van der Waals surface area contributed by atoms with Crippen molar-refractivity contribution in [2.45, 2.75) is 0 Å². The van der Waals surface area contributed by atoms with Crippen LogP contribution in [0.3, 0.4) is 0 Å². The van der Waals surface area contributed by atoms with Crippen LogP contribution in [0.1, 0.15) is 10.4 Å². The summed E-state index contributed by atoms with van der Waals surface area (Å²) < 4.78 is 22.5. The third-order valence-electron chi connectivity index (χ3n) is 2.35. The predicted molar refractivity (Wildman–Crippen MR) is 69.1 cm³/mol. The number of carbonyl (C=O) groups excluding carboxylic acids is 2. The zero-order valence-electron chi connectivity index (χ0n) is 11.2. The molecule has 0 radical (unpaired) electrons. The number of esters is 2. The molecule has 0 heterocycles. The van der Waals surface area contributed by atoms with Gasteiger partial charge in [0.05, 0.1) is 31.5 Å². The van der Waals surface area contributed by atoms with Crippen molar-refractivity contribution in [3.63, 3.8) is 0 Å². The summed E-state index contributed by atoms with van der Waals surface area (Å²) in [6, 6.07) is 3.03. The standard InChI is InChI=1S/C13H12FNO6/c1-20-11(16)6-10(13(19)21-2)15-9-4-3-7(12(17)18)5-8(9)14/h3-6,15H,1-2H3,(H,17,18)/b10-6+. The van der Waals surface area contributed by atoms with Crippen molar-refractivity contribution in [2.24, 2.45) is 0 Å². The first-order valence-electron chi connectivity index (χ1n) is 5.57. The second kappa shape index (κ2) is 7.04. The van der Waals surface area contributed by atoms with Crippen LogP contribution in [0.25, 0.3) is 0 Å². The van der Waals surface area contributed by atoms with Gasteiger partial charge in [-0.2, -0.15) is 0 Å². The number of benzene rings is 1. The lowest BCUT2D eigenvalue weighted by Crippen LogP contribution is -2.16. The van der Waals surface area contributed by atoms with Crippen LogP contribution in [0.5, 0.6) is 0 Å². The van der Waals surface area contributed by atoms with Gasteiger partial charge in [-0.25, -0.2) is 18.8 Å². The smallest absolute Gasteiger partial charge is 0.354 e. The zero-order valence-corrected chi connectivity index (χ0v) is 11.2. The van der Waals surface area contributed by atoms with Gasteiger partial charge in [-0.05, 0) is 18.2 Å². The number of carboxylic acids is 1. The number of carbonyl (C=O) groups is 3. The molecule has 0 bridgehead atoms. The predicted octanol–water partition coefficient (Wildman–Crippen LogP) is 1.17. The van der Waals surface area contributed by atoms with Crippen molar-refractivity contribution in [2.75, 3.05) is 19.5 Å². The Labute approximate surface area is 119 Å². The van der Waals surface area contributed by atoms with Crippen LogP contribution in [0.15, 0.2) is 30.0 Å². The minimum absolute atomic E-state index is 0.194. The number of halogens is 1. The quantitative estimate of drug-likeness (QED) is 0.621. The largest absolute Gasteiger partial charge is 0.478 e. The molecule has 0 aliphatic heterocycles. The van der Waals surface area contributed by atoms with Gasteiger partial charge in [-0.15, -0.1) is 0 Å². The second-order valence-corrected chi connectivity index (χ2v) is 3.70. The lowest BCUT2D eigenvalue weighted by Gasteiger charge is -2.10. The number of aromatic carboxylic acids is 1. The van der Waals surface area contributed by atoms with E-state index in [0.29, 0.717) is 0 Å². The first-order chi connectivity index (χ1) is 9.88. The van der Waals surface area contributed by atoms with E-state index in [1.165, 1.54) is 0 Å². The second-order valence-electron chi connectivity index (χ2n) is 3.70. The highest BCUT2D eigenvalue weighted by Gasteiger charge is 2.15. The Morgan fingerprint density at radius 3 is 2.38 bits per heavy atom. The number of anilines is 1. The van der Waals surface area contributed by atoms with Gasteiger partial charge in [0.2, 0.25) is 0 Å². The topological polar surface area (TPSA) is 102 Å². The summed E-state index contributed by atoms with van der Waals surface area (Å²) in [6.07, 6.45) is 0.788. The molecule has 0 saturated carbocycles. The van der Waals surface area contributed by atoms with Crippen molar-refractivity contribution in [3.8, 4) is 0 Å². The van der Waals surface area contributed by atoms with Crippen LogP contribution in [0.4, 0.5) is 10.1 Å². The third-order valence-corrected chi connectivity index (χ3v) is 2.35. The molecule has 21 heavy (non-hydrogen) atoms. The lowest BCUT2D eigenvalue weighted by molar-refractivity contribution is -0.138. The van der Waals surface area contributed by atoms with Crippen molar-refractivity contribution >= 4 is 23.6 Å². The number of rotatable bonds is 5. The van der Waals surface area contributed by atoms with Gasteiger partial charge < -0.3 is 19.9 Å². The molecule has 0 amide bonds. The van der Waals surface area contributed by atoms with Crippen LogP contribution in [0.2, 0.25) is 0 Å². The van der Waals surface area contributed by atoms with E-state index < -0.39 is 23.7 Å². The Bertz CT molecular complexity index is 611. The van der Waals surface area contributed by atoms with Gasteiger partial charge in [-0.3, -0.25) is 0 Å². The number of nitrogens with one attached hydrogen (secondary N) is 1. The highest BCUT2D eigenvalue weighted by Crippen LogP contribution is 2.18. The Morgan fingerprint density at radius 1 is 1.24 bits per heavy atom. The van der Waals surface area contributed by atoms with Crippen molar-refractivity contribution in [1.29, 1.82) is 0 Å². The molecule has 0 saturated heterocycles. The van der Waals surface area contributed by atoms with E-state index in [1.54, 1.807) is 0 Å². The van der Waals surface area contributed by atoms with Gasteiger partial charge in [0.25, 0.3) is 0 Å². The van der Waals surface area contributed by atoms with Gasteiger partial charge in [0.1, 0.15) is 11.5 Å². The number of ether oxygens (including phenoxy) is 2. The van der Waals surface area contributed by atoms with Crippen molar-refractivity contribution in [1.82, 2.24) is 0 Å². The number of carboxylic acid groups (broad SMARTS) is 1. The van der Waals surface area contributed by atoms with Crippen molar-refractivity contribution < 1.29 is 33.4 Å². The van der Waals surface area contributed by atoms with Crippen LogP contribution >= 0.6 is 0 Å². The Balaban J connectivity index is 3.10. The summed E-state index contributed by atoms with van der Waals surface area (Å²) in [4.78, 5) is 33.3. The molecule has 2 N–H and O–H groups in total. The minimum atomic E-state index is -1.29. The van der Waals surface area contributed by atoms with Gasteiger partial charge in [0, 0.05) is 0 Å². The third kappa shape index (κ3) is 4.30. The fraction of sp³-hybridized carbons (Fsp3) is 0.154. The van der Waals surface area contributed by atoms with Gasteiger partial charge in [-0.1, -0.05) is 0 Å². The lowest BCUT2D eigenvalue weighted by atomic mass is 10.2. The van der Waals surface area contributed by atoms with E-state index in [-0.39, 0.29) is 16.9 Å². The Hall–Kier alpha value is -2.90. The average molecular weight is 297 g/mol. The van der Waals surface area contributed by atoms with Gasteiger partial charge >= 0.3 is 17.9 Å². The average Bonchev–Trinajstić information content (AvgIpc) is 2.46. The Morgan fingerprint density at radius 2 is 1.90 bits per heavy atom. The van der Waals surface area contributed by atoms with Crippen LogP contribution in [-0.4, -0.2) is 37.2 Å². The summed E-state index contributed by atoms with van der Waals surface area (Å²) >= 11 is 0. The number of hydrogen-bond acceptors (Lipinski definition) is 6. The first kappa shape index (κ1) is 16.2. The molecule has 0 unspecified atom stereocenters. The SMILES string of the molecule is COC(=O)/C=C(/Nc1ccc(C(=O)O)cc1F)C(=O)OC. The van der Waals surface area contributed by atoms with Gasteiger partial charge in [0.15, 0.2) is 0 Å². The molecule has 0 aliphatic rings. The molecule has 8 heteroatoms. The van der Waals surface area contributed by atoms with Crippen LogP contribution in [-0.2, 0) is 19.1 Å². The van der Waals surface area contributed by atoms with Crippen LogP contribution in [0, 0.1) is 5.82 Å². The highest BCUT2D eigenvalue weighted by atomic mass is 19.1. The molecular weight excluding hydrogens is 285 g/mol. The molecular formula is C13H12FNO6. The van der Waals surface area contributed by atoms with E-state index >= 15 is 0 Å². The molecule has 7 nitrogen and oxygen atoms in total. The maximum atomic E-state index is 13.7. The highest BCUT2D eigenvalue weighted by molar-refractivity contribution is 5.98. The van der Waals surface area contributed by atoms with E-state index in [1.807, 2.05) is 0 Å². The number of methoxy groups -OCH3 is 2. The summed E-state index contributed by atoms with van der Waals surface area (Å²) in [5, 5.41) is 11.1. The van der Waals surface area contributed by atoms with Crippen molar-refractivity contribution in [3.05, 3.63) is 41.4 Å². The minimum Gasteiger partial charge on any atom is -0.478 e. The van der Waals surface area contributed by atoms with Crippen LogP contribution < -0.4 is 5.32 Å². The summed E-state index contributed by atoms with van der Waals surface area (Å²) in [7, 11) is 2.19. The maximum absolute atomic E-state index is 13.7. The normalized spacial score (nSPS) is 10.7. The van der Waals surface area contributed by atoms with E-state index in [4.69, 9.17) is 5.11 Å². The summed E-state index contributed by atoms with van der Waals surface area (Å²) in [5.41, 5.74) is -0.804. The number of hydrogen-bond donors (Lipinski definition) is 2. The molecule has 0 fully saturated rings. The summed E-state index contributed by atoms with van der Waals surface area (Å²) in [6.45, 7) is 0. The van der Waals surface area contributed by atoms with E-state index in [0.717, 1.165) is 38.5 Å². The molecule has 1 aromatic carbocycles. The fourth-order valence-electron chi connectivity index (χ4n) is 1.33. The summed E-state index contributed by atoms with van der Waals surface area (Å²) in [5.74, 6) is -3.96. The molecule has 0 spiro atoms.